The van der Waals surface area contributed by atoms with Crippen molar-refractivity contribution in [2.75, 3.05) is 19.4 Å². The van der Waals surface area contributed by atoms with E-state index in [0.717, 1.165) is 0 Å². The zero-order valence-corrected chi connectivity index (χ0v) is 16.4. The molecule has 3 aromatic rings. The van der Waals surface area contributed by atoms with Crippen LogP contribution in [0, 0.1) is 17.2 Å². The Balaban J connectivity index is 1.66. The minimum absolute atomic E-state index is 0.174. The number of hydrogen-bond donors (Lipinski definition) is 4. The van der Waals surface area contributed by atoms with Crippen molar-refractivity contribution in [3.8, 4) is 11.4 Å². The van der Waals surface area contributed by atoms with E-state index < -0.39 is 29.5 Å². The van der Waals surface area contributed by atoms with Crippen molar-refractivity contribution in [2.45, 2.75) is 24.7 Å². The lowest BCUT2D eigenvalue weighted by Gasteiger charge is -2.23. The highest BCUT2D eigenvalue weighted by molar-refractivity contribution is 5.88. The number of rotatable bonds is 4. The van der Waals surface area contributed by atoms with Crippen molar-refractivity contribution in [1.29, 1.82) is 0 Å². The molecule has 1 amide bonds. The molecule has 2 aliphatic carbocycles. The summed E-state index contributed by atoms with van der Waals surface area (Å²) in [6.45, 7) is 0. The number of anilines is 1. The molecule has 2 aliphatic rings. The predicted octanol–water partition coefficient (Wildman–Crippen LogP) is 0.703. The number of aliphatic hydroxyl groups excluding tert-OH is 2. The average molecular weight is 412 g/mol. The molecule has 0 spiro atoms. The third kappa shape index (κ3) is 2.34. The van der Waals surface area contributed by atoms with Crippen LogP contribution in [0.4, 0.5) is 10.2 Å². The van der Waals surface area contributed by atoms with Gasteiger partial charge in [0.25, 0.3) is 0 Å². The van der Waals surface area contributed by atoms with E-state index in [-0.39, 0.29) is 23.2 Å². The number of amides is 1. The molecular weight excluding hydrogens is 391 g/mol. The molecule has 0 bridgehead atoms. The fraction of sp³-hybridized carbons (Fsp3) is 0.400. The van der Waals surface area contributed by atoms with Crippen LogP contribution in [0.1, 0.15) is 12.5 Å². The lowest BCUT2D eigenvalue weighted by molar-refractivity contribution is -0.132. The van der Waals surface area contributed by atoms with Crippen molar-refractivity contribution in [3.05, 3.63) is 36.4 Å². The number of aliphatic hydroxyl groups is 2. The van der Waals surface area contributed by atoms with Crippen molar-refractivity contribution < 1.29 is 19.4 Å². The van der Waals surface area contributed by atoms with Crippen LogP contribution in [0.15, 0.2) is 30.6 Å². The van der Waals surface area contributed by atoms with Crippen LogP contribution in [-0.4, -0.2) is 61.9 Å². The Morgan fingerprint density at radius 3 is 2.73 bits per heavy atom. The second kappa shape index (κ2) is 6.44. The summed E-state index contributed by atoms with van der Waals surface area (Å²) < 4.78 is 16.0. The van der Waals surface area contributed by atoms with Crippen molar-refractivity contribution >= 4 is 22.9 Å². The van der Waals surface area contributed by atoms with Crippen molar-refractivity contribution in [2.24, 2.45) is 11.3 Å². The van der Waals surface area contributed by atoms with Gasteiger partial charge in [-0.3, -0.25) is 4.79 Å². The van der Waals surface area contributed by atoms with Crippen LogP contribution in [0.3, 0.4) is 0 Å². The minimum Gasteiger partial charge on any atom is -0.389 e. The summed E-state index contributed by atoms with van der Waals surface area (Å²) in [5.41, 5.74) is 0.0745. The molecule has 0 saturated heterocycles. The number of benzene rings is 1. The SMILES string of the molecule is CNC(=O)[C@]12CC1[C@@H](n1cnc3c(NC)nc(-c4ccccc4F)nc31)[C@H](O)[C@@H]2O. The number of carbonyl (C=O) groups excluding carboxylic acids is 1. The molecule has 5 rings (SSSR count). The molecule has 2 fully saturated rings. The summed E-state index contributed by atoms with van der Waals surface area (Å²) in [7, 11) is 3.19. The molecule has 2 aromatic heterocycles. The van der Waals surface area contributed by atoms with E-state index in [0.29, 0.717) is 23.4 Å². The number of nitrogens with one attached hydrogen (secondary N) is 2. The Hall–Kier alpha value is -3.11. The third-order valence-corrected chi connectivity index (χ3v) is 6.42. The fourth-order valence-corrected chi connectivity index (χ4v) is 4.86. The van der Waals surface area contributed by atoms with E-state index in [1.807, 2.05) is 0 Å². The summed E-state index contributed by atoms with van der Waals surface area (Å²) in [4.78, 5) is 25.7. The van der Waals surface area contributed by atoms with E-state index in [9.17, 15) is 19.4 Å². The lowest BCUT2D eigenvalue weighted by atomic mass is 9.98. The Morgan fingerprint density at radius 2 is 2.03 bits per heavy atom. The zero-order chi connectivity index (χ0) is 21.2. The van der Waals surface area contributed by atoms with Gasteiger partial charge in [0.15, 0.2) is 17.3 Å². The summed E-state index contributed by atoms with van der Waals surface area (Å²) in [6, 6.07) is 5.61. The number of hydrogen-bond acceptors (Lipinski definition) is 7. The van der Waals surface area contributed by atoms with Crippen LogP contribution in [0.25, 0.3) is 22.6 Å². The van der Waals surface area contributed by atoms with Crippen molar-refractivity contribution in [1.82, 2.24) is 24.8 Å². The van der Waals surface area contributed by atoms with Gasteiger partial charge in [0.05, 0.1) is 29.5 Å². The standard InChI is InChI=1S/C20H21FN6O3/c1-22-17-12-18(26-16(25-17)9-5-3-4-6-11(9)21)27(8-24-12)13-10-7-20(10,19(30)23-2)15(29)14(13)28/h3-6,8,10,13-15,28-29H,7H2,1-2H3,(H,23,30)(H,22,25,26)/t10?,13-,14+,15+,20-/m1/s1. The quantitative estimate of drug-likeness (QED) is 0.497. The fourth-order valence-electron chi connectivity index (χ4n) is 4.86. The molecule has 4 N–H and O–H groups in total. The second-order valence-corrected chi connectivity index (χ2v) is 7.81. The number of aromatic nitrogens is 4. The highest BCUT2D eigenvalue weighted by Crippen LogP contribution is 2.67. The molecule has 0 radical (unpaired) electrons. The molecule has 10 heteroatoms. The molecule has 1 unspecified atom stereocenters. The van der Waals surface area contributed by atoms with Crippen molar-refractivity contribution in [3.63, 3.8) is 0 Å². The van der Waals surface area contributed by atoms with Gasteiger partial charge in [-0.25, -0.2) is 19.3 Å². The van der Waals surface area contributed by atoms with Crippen LogP contribution in [0.2, 0.25) is 0 Å². The maximum atomic E-state index is 14.4. The molecule has 9 nitrogen and oxygen atoms in total. The van der Waals surface area contributed by atoms with Gasteiger partial charge in [-0.1, -0.05) is 12.1 Å². The van der Waals surface area contributed by atoms with E-state index >= 15 is 0 Å². The van der Waals surface area contributed by atoms with E-state index in [1.54, 1.807) is 29.8 Å². The zero-order valence-electron chi connectivity index (χ0n) is 16.4. The lowest BCUT2D eigenvalue weighted by Crippen LogP contribution is -2.41. The Labute approximate surface area is 171 Å². The maximum absolute atomic E-state index is 14.4. The van der Waals surface area contributed by atoms with Gasteiger partial charge in [0.1, 0.15) is 17.4 Å². The molecule has 2 saturated carbocycles. The highest BCUT2D eigenvalue weighted by Gasteiger charge is 2.75. The summed E-state index contributed by atoms with van der Waals surface area (Å²) in [6.07, 6.45) is -0.381. The minimum atomic E-state index is -1.19. The van der Waals surface area contributed by atoms with Gasteiger partial charge in [-0.2, -0.15) is 0 Å². The molecular formula is C20H21FN6O3. The molecule has 1 aromatic carbocycles. The van der Waals surface area contributed by atoms with E-state index in [2.05, 4.69) is 25.6 Å². The highest BCUT2D eigenvalue weighted by atomic mass is 19.1. The van der Waals surface area contributed by atoms with Gasteiger partial charge in [-0.05, 0) is 18.6 Å². The first-order valence-corrected chi connectivity index (χ1v) is 9.69. The molecule has 5 atom stereocenters. The first-order chi connectivity index (χ1) is 14.4. The van der Waals surface area contributed by atoms with Crippen LogP contribution >= 0.6 is 0 Å². The summed E-state index contributed by atoms with van der Waals surface area (Å²) >= 11 is 0. The predicted molar refractivity (Wildman–Crippen MR) is 106 cm³/mol. The topological polar surface area (TPSA) is 125 Å². The number of nitrogens with zero attached hydrogens (tertiary/aromatic N) is 4. The largest absolute Gasteiger partial charge is 0.389 e. The van der Waals surface area contributed by atoms with Gasteiger partial charge < -0.3 is 25.4 Å². The van der Waals surface area contributed by atoms with Crippen LogP contribution < -0.4 is 10.6 Å². The van der Waals surface area contributed by atoms with Gasteiger partial charge in [0, 0.05) is 20.0 Å². The van der Waals surface area contributed by atoms with Gasteiger partial charge in [0.2, 0.25) is 5.91 Å². The summed E-state index contributed by atoms with van der Waals surface area (Å²) in [5.74, 6) is -0.415. The molecule has 2 heterocycles. The third-order valence-electron chi connectivity index (χ3n) is 6.42. The smallest absolute Gasteiger partial charge is 0.229 e. The maximum Gasteiger partial charge on any atom is 0.229 e. The van der Waals surface area contributed by atoms with Crippen LogP contribution in [-0.2, 0) is 4.79 Å². The Kier molecular flexibility index (Phi) is 4.06. The van der Waals surface area contributed by atoms with Crippen LogP contribution in [0.5, 0.6) is 0 Å². The first kappa shape index (κ1) is 18.9. The average Bonchev–Trinajstić information content (AvgIpc) is 3.29. The van der Waals surface area contributed by atoms with Gasteiger partial charge in [-0.15, -0.1) is 0 Å². The Morgan fingerprint density at radius 1 is 1.27 bits per heavy atom. The number of fused-ring (bicyclic) bond motifs is 2. The van der Waals surface area contributed by atoms with Gasteiger partial charge >= 0.3 is 0 Å². The molecule has 156 valence electrons. The second-order valence-electron chi connectivity index (χ2n) is 7.81. The molecule has 0 aliphatic heterocycles. The van der Waals surface area contributed by atoms with E-state index in [4.69, 9.17) is 0 Å². The number of halogens is 1. The normalized spacial score (nSPS) is 29.6. The first-order valence-electron chi connectivity index (χ1n) is 9.69. The molecule has 30 heavy (non-hydrogen) atoms. The number of carbonyl (C=O) groups is 1. The monoisotopic (exact) mass is 412 g/mol. The number of imidazole rings is 1. The Bertz CT molecular complexity index is 1170. The van der Waals surface area contributed by atoms with E-state index in [1.165, 1.54) is 19.4 Å². The summed E-state index contributed by atoms with van der Waals surface area (Å²) in [5, 5.41) is 26.9.